The lowest BCUT2D eigenvalue weighted by atomic mass is 10.2. The Morgan fingerprint density at radius 1 is 1.50 bits per heavy atom. The first-order chi connectivity index (χ1) is 8.65. The van der Waals surface area contributed by atoms with E-state index >= 15 is 0 Å². The van der Waals surface area contributed by atoms with Crippen LogP contribution in [-0.2, 0) is 6.42 Å². The standard InChI is InChI=1S/C11H12ClN3O3/c1-17-9-5-8(13)7(12)4-6(9)11-14-10(2-3-16)15-18-11/h4-5,16H,2-3,13H2,1H3. The van der Waals surface area contributed by atoms with Crippen LogP contribution >= 0.6 is 11.6 Å². The molecule has 1 heterocycles. The van der Waals surface area contributed by atoms with Crippen molar-refractivity contribution in [2.75, 3.05) is 19.5 Å². The Morgan fingerprint density at radius 2 is 2.28 bits per heavy atom. The van der Waals surface area contributed by atoms with Crippen molar-refractivity contribution in [2.24, 2.45) is 0 Å². The second-order valence-corrected chi connectivity index (χ2v) is 3.97. The Kier molecular flexibility index (Phi) is 3.69. The van der Waals surface area contributed by atoms with Gasteiger partial charge in [-0.05, 0) is 6.07 Å². The number of hydrogen-bond acceptors (Lipinski definition) is 6. The van der Waals surface area contributed by atoms with Crippen molar-refractivity contribution in [2.45, 2.75) is 6.42 Å². The molecule has 7 heteroatoms. The van der Waals surface area contributed by atoms with Crippen LogP contribution in [0.1, 0.15) is 5.82 Å². The highest BCUT2D eigenvalue weighted by Gasteiger charge is 2.15. The van der Waals surface area contributed by atoms with Crippen molar-refractivity contribution < 1.29 is 14.4 Å². The van der Waals surface area contributed by atoms with E-state index in [1.807, 2.05) is 0 Å². The van der Waals surface area contributed by atoms with Crippen molar-refractivity contribution in [1.82, 2.24) is 10.1 Å². The van der Waals surface area contributed by atoms with E-state index in [0.717, 1.165) is 0 Å². The lowest BCUT2D eigenvalue weighted by molar-refractivity contribution is 0.293. The SMILES string of the molecule is COc1cc(N)c(Cl)cc1-c1nc(CCO)no1. The summed E-state index contributed by atoms with van der Waals surface area (Å²) >= 11 is 5.95. The second-order valence-electron chi connectivity index (χ2n) is 3.56. The van der Waals surface area contributed by atoms with Gasteiger partial charge in [0.15, 0.2) is 5.82 Å². The molecule has 2 rings (SSSR count). The lowest BCUT2D eigenvalue weighted by Crippen LogP contribution is -1.94. The molecule has 18 heavy (non-hydrogen) atoms. The molecule has 0 amide bonds. The van der Waals surface area contributed by atoms with Gasteiger partial charge in [-0.1, -0.05) is 16.8 Å². The summed E-state index contributed by atoms with van der Waals surface area (Å²) in [6.07, 6.45) is 0.328. The van der Waals surface area contributed by atoms with E-state index in [1.165, 1.54) is 7.11 Å². The summed E-state index contributed by atoms with van der Waals surface area (Å²) in [7, 11) is 1.51. The molecule has 1 aromatic heterocycles. The van der Waals surface area contributed by atoms with E-state index in [0.29, 0.717) is 34.3 Å². The lowest BCUT2D eigenvalue weighted by Gasteiger charge is -2.07. The number of benzene rings is 1. The molecule has 1 aromatic carbocycles. The largest absolute Gasteiger partial charge is 0.496 e. The zero-order chi connectivity index (χ0) is 13.1. The van der Waals surface area contributed by atoms with Crippen LogP contribution in [0.25, 0.3) is 11.5 Å². The first-order valence-electron chi connectivity index (χ1n) is 5.22. The average molecular weight is 270 g/mol. The van der Waals surface area contributed by atoms with Gasteiger partial charge in [0.05, 0.1) is 30.0 Å². The molecule has 0 spiro atoms. The zero-order valence-electron chi connectivity index (χ0n) is 9.68. The van der Waals surface area contributed by atoms with Crippen LogP contribution in [0.3, 0.4) is 0 Å². The van der Waals surface area contributed by atoms with Crippen LogP contribution in [0.2, 0.25) is 5.02 Å². The van der Waals surface area contributed by atoms with Gasteiger partial charge in [0.1, 0.15) is 5.75 Å². The number of ether oxygens (including phenoxy) is 1. The minimum Gasteiger partial charge on any atom is -0.496 e. The van der Waals surface area contributed by atoms with Crippen LogP contribution < -0.4 is 10.5 Å². The maximum Gasteiger partial charge on any atom is 0.261 e. The molecular weight excluding hydrogens is 258 g/mol. The topological polar surface area (TPSA) is 94.4 Å². The third kappa shape index (κ3) is 2.39. The van der Waals surface area contributed by atoms with E-state index < -0.39 is 0 Å². The van der Waals surface area contributed by atoms with Gasteiger partial charge in [-0.2, -0.15) is 4.98 Å². The van der Waals surface area contributed by atoms with Crippen LogP contribution in [0, 0.1) is 0 Å². The number of halogens is 1. The highest BCUT2D eigenvalue weighted by Crippen LogP contribution is 2.35. The molecule has 0 aliphatic carbocycles. The number of anilines is 1. The van der Waals surface area contributed by atoms with E-state index in [4.69, 9.17) is 31.7 Å². The number of rotatable bonds is 4. The van der Waals surface area contributed by atoms with Crippen molar-refractivity contribution in [3.8, 4) is 17.2 Å². The summed E-state index contributed by atoms with van der Waals surface area (Å²) in [5, 5.41) is 12.9. The number of nitrogen functional groups attached to an aromatic ring is 1. The molecule has 96 valence electrons. The van der Waals surface area contributed by atoms with Gasteiger partial charge >= 0.3 is 0 Å². The molecule has 0 aliphatic heterocycles. The predicted molar refractivity (Wildman–Crippen MR) is 66.5 cm³/mol. The van der Waals surface area contributed by atoms with E-state index in [9.17, 15) is 0 Å². The summed E-state index contributed by atoms with van der Waals surface area (Å²) in [6.45, 7) is -0.0431. The number of nitrogens with two attached hydrogens (primary N) is 1. The third-order valence-corrected chi connectivity index (χ3v) is 2.68. The van der Waals surface area contributed by atoms with E-state index in [-0.39, 0.29) is 12.5 Å². The van der Waals surface area contributed by atoms with Gasteiger partial charge in [-0.25, -0.2) is 0 Å². The Bertz CT molecular complexity index is 556. The monoisotopic (exact) mass is 269 g/mol. The fourth-order valence-corrected chi connectivity index (χ4v) is 1.63. The molecule has 3 N–H and O–H groups in total. The van der Waals surface area contributed by atoms with Crippen LogP contribution in [-0.4, -0.2) is 29.0 Å². The zero-order valence-corrected chi connectivity index (χ0v) is 10.4. The quantitative estimate of drug-likeness (QED) is 0.817. The van der Waals surface area contributed by atoms with Crippen LogP contribution in [0.5, 0.6) is 5.75 Å². The van der Waals surface area contributed by atoms with Crippen LogP contribution in [0.4, 0.5) is 5.69 Å². The molecule has 0 saturated heterocycles. The van der Waals surface area contributed by atoms with Crippen molar-refractivity contribution in [1.29, 1.82) is 0 Å². The first-order valence-corrected chi connectivity index (χ1v) is 5.60. The van der Waals surface area contributed by atoms with Crippen molar-refractivity contribution in [3.05, 3.63) is 23.0 Å². The van der Waals surface area contributed by atoms with E-state index in [2.05, 4.69) is 10.1 Å². The number of hydrogen-bond donors (Lipinski definition) is 2. The summed E-state index contributed by atoms with van der Waals surface area (Å²) in [5.74, 6) is 1.19. The van der Waals surface area contributed by atoms with Gasteiger partial charge in [0, 0.05) is 12.5 Å². The number of aliphatic hydroxyl groups excluding tert-OH is 1. The Labute approximate surface area is 108 Å². The second kappa shape index (κ2) is 5.24. The highest BCUT2D eigenvalue weighted by molar-refractivity contribution is 6.33. The summed E-state index contributed by atoms with van der Waals surface area (Å²) < 4.78 is 10.3. The maximum atomic E-state index is 8.80. The Balaban J connectivity index is 2.45. The molecule has 0 fully saturated rings. The van der Waals surface area contributed by atoms with Crippen molar-refractivity contribution >= 4 is 17.3 Å². The first kappa shape index (κ1) is 12.7. The molecule has 0 bridgehead atoms. The van der Waals surface area contributed by atoms with Crippen molar-refractivity contribution in [3.63, 3.8) is 0 Å². The molecule has 0 unspecified atom stereocenters. The normalized spacial score (nSPS) is 10.6. The third-order valence-electron chi connectivity index (χ3n) is 2.35. The maximum absolute atomic E-state index is 8.80. The predicted octanol–water partition coefficient (Wildman–Crippen LogP) is 1.52. The smallest absolute Gasteiger partial charge is 0.261 e. The molecule has 0 saturated carbocycles. The van der Waals surface area contributed by atoms with Gasteiger partial charge < -0.3 is 20.1 Å². The molecule has 0 radical (unpaired) electrons. The van der Waals surface area contributed by atoms with E-state index in [1.54, 1.807) is 12.1 Å². The Morgan fingerprint density at radius 3 is 2.94 bits per heavy atom. The van der Waals surface area contributed by atoms with Gasteiger partial charge in [0.25, 0.3) is 5.89 Å². The molecular formula is C11H12ClN3O3. The fourth-order valence-electron chi connectivity index (χ4n) is 1.47. The average Bonchev–Trinajstić information content (AvgIpc) is 2.81. The van der Waals surface area contributed by atoms with Gasteiger partial charge in [0.2, 0.25) is 0 Å². The van der Waals surface area contributed by atoms with Gasteiger partial charge in [-0.3, -0.25) is 0 Å². The Hall–Kier alpha value is -1.79. The minimum absolute atomic E-state index is 0.0431. The summed E-state index contributed by atoms with van der Waals surface area (Å²) in [6, 6.07) is 3.19. The molecule has 6 nitrogen and oxygen atoms in total. The molecule has 2 aromatic rings. The summed E-state index contributed by atoms with van der Waals surface area (Å²) in [5.41, 5.74) is 6.66. The number of aromatic nitrogens is 2. The number of nitrogens with zero attached hydrogens (tertiary/aromatic N) is 2. The van der Waals surface area contributed by atoms with Gasteiger partial charge in [-0.15, -0.1) is 0 Å². The summed E-state index contributed by atoms with van der Waals surface area (Å²) in [4.78, 5) is 4.13. The molecule has 0 aliphatic rings. The minimum atomic E-state index is -0.0431. The fraction of sp³-hybridized carbons (Fsp3) is 0.273. The number of methoxy groups -OCH3 is 1. The highest BCUT2D eigenvalue weighted by atomic mass is 35.5. The molecule has 0 atom stereocenters. The van der Waals surface area contributed by atoms with Crippen LogP contribution in [0.15, 0.2) is 16.7 Å². The number of aliphatic hydroxyl groups is 1.